The normalized spacial score (nSPS) is 13.6. The predicted octanol–water partition coefficient (Wildman–Crippen LogP) is 2.84. The van der Waals surface area contributed by atoms with Crippen molar-refractivity contribution >= 4 is 23.2 Å². The molecule has 2 amide bonds. The number of nitrogens with one attached hydrogen (secondary N) is 1. The smallest absolute Gasteiger partial charge is 0.266 e. The van der Waals surface area contributed by atoms with Crippen molar-refractivity contribution in [1.29, 1.82) is 0 Å². The summed E-state index contributed by atoms with van der Waals surface area (Å²) < 4.78 is 0. The first-order chi connectivity index (χ1) is 9.63. The number of aryl methyl sites for hydroxylation is 1. The van der Waals surface area contributed by atoms with E-state index in [9.17, 15) is 9.59 Å². The number of imide groups is 1. The van der Waals surface area contributed by atoms with Crippen LogP contribution in [0.3, 0.4) is 0 Å². The second-order valence-electron chi connectivity index (χ2n) is 4.74. The van der Waals surface area contributed by atoms with E-state index in [-0.39, 0.29) is 11.8 Å². The first-order valence-corrected chi connectivity index (χ1v) is 6.39. The highest BCUT2D eigenvalue weighted by Crippen LogP contribution is 2.31. The summed E-state index contributed by atoms with van der Waals surface area (Å²) in [5.41, 5.74) is 3.40. The van der Waals surface area contributed by atoms with Gasteiger partial charge in [0.2, 0.25) is 0 Å². The van der Waals surface area contributed by atoms with Gasteiger partial charge in [-0.05, 0) is 42.8 Å². The van der Waals surface area contributed by atoms with E-state index in [2.05, 4.69) is 5.32 Å². The Labute approximate surface area is 117 Å². The molecule has 0 fully saturated rings. The molecular weight excluding hydrogens is 252 g/mol. The molecule has 0 atom stereocenters. The number of carbonyl (C=O) groups is 2. The number of fused-ring (bicyclic) bond motifs is 1. The van der Waals surface area contributed by atoms with Crippen LogP contribution < -0.4 is 10.2 Å². The first kappa shape index (κ1) is 12.4. The van der Waals surface area contributed by atoms with Crippen molar-refractivity contribution in [2.24, 2.45) is 0 Å². The summed E-state index contributed by atoms with van der Waals surface area (Å²) in [5, 5.41) is 3.04. The van der Waals surface area contributed by atoms with Crippen LogP contribution in [0.4, 0.5) is 11.4 Å². The van der Waals surface area contributed by atoms with Crippen molar-refractivity contribution < 1.29 is 9.59 Å². The van der Waals surface area contributed by atoms with Gasteiger partial charge in [-0.3, -0.25) is 9.59 Å². The molecule has 0 radical (unpaired) electrons. The van der Waals surface area contributed by atoms with Crippen LogP contribution in [0.15, 0.2) is 42.5 Å². The molecule has 0 aromatic heterocycles. The van der Waals surface area contributed by atoms with Gasteiger partial charge in [-0.1, -0.05) is 12.1 Å². The number of rotatable bonds is 2. The lowest BCUT2D eigenvalue weighted by molar-refractivity contribution is 0.0926. The maximum absolute atomic E-state index is 12.4. The number of hydrogen-bond acceptors (Lipinski definition) is 3. The quantitative estimate of drug-likeness (QED) is 0.850. The molecule has 1 N–H and O–H groups in total. The first-order valence-electron chi connectivity index (χ1n) is 6.39. The van der Waals surface area contributed by atoms with E-state index in [1.165, 1.54) is 4.90 Å². The zero-order chi connectivity index (χ0) is 14.3. The fourth-order valence-electron chi connectivity index (χ4n) is 2.47. The van der Waals surface area contributed by atoms with Gasteiger partial charge in [-0.25, -0.2) is 4.90 Å². The van der Waals surface area contributed by atoms with E-state index in [0.29, 0.717) is 16.8 Å². The molecule has 0 saturated carbocycles. The molecular formula is C16H14N2O2. The third-order valence-electron chi connectivity index (χ3n) is 3.52. The molecule has 20 heavy (non-hydrogen) atoms. The molecule has 1 aliphatic rings. The predicted molar refractivity (Wildman–Crippen MR) is 78.3 cm³/mol. The Morgan fingerprint density at radius 2 is 1.55 bits per heavy atom. The second kappa shape index (κ2) is 4.49. The molecule has 4 heteroatoms. The molecule has 2 aromatic rings. The third-order valence-corrected chi connectivity index (χ3v) is 3.52. The molecule has 1 heterocycles. The SMILES string of the molecule is CNc1ccc(N2C(=O)c3ccccc3C2=O)c(C)c1. The summed E-state index contributed by atoms with van der Waals surface area (Å²) >= 11 is 0. The van der Waals surface area contributed by atoms with Crippen molar-refractivity contribution in [3.05, 3.63) is 59.2 Å². The number of carbonyl (C=O) groups excluding carboxylic acids is 2. The zero-order valence-electron chi connectivity index (χ0n) is 11.3. The van der Waals surface area contributed by atoms with Gasteiger partial charge in [-0.15, -0.1) is 0 Å². The number of nitrogens with zero attached hydrogens (tertiary/aromatic N) is 1. The molecule has 0 aliphatic carbocycles. The summed E-state index contributed by atoms with van der Waals surface area (Å²) in [4.78, 5) is 26.1. The van der Waals surface area contributed by atoms with Crippen molar-refractivity contribution in [1.82, 2.24) is 0 Å². The minimum absolute atomic E-state index is 0.258. The van der Waals surface area contributed by atoms with Crippen molar-refractivity contribution in [2.75, 3.05) is 17.3 Å². The van der Waals surface area contributed by atoms with Crippen LogP contribution in [0.5, 0.6) is 0 Å². The van der Waals surface area contributed by atoms with Gasteiger partial charge < -0.3 is 5.32 Å². The minimum atomic E-state index is -0.258. The average molecular weight is 266 g/mol. The maximum Gasteiger partial charge on any atom is 0.266 e. The second-order valence-corrected chi connectivity index (χ2v) is 4.74. The fourth-order valence-corrected chi connectivity index (χ4v) is 2.47. The lowest BCUT2D eigenvalue weighted by Gasteiger charge is -2.17. The summed E-state index contributed by atoms with van der Waals surface area (Å²) in [5.74, 6) is -0.517. The highest BCUT2D eigenvalue weighted by atomic mass is 16.2. The van der Waals surface area contributed by atoms with E-state index in [1.807, 2.05) is 26.1 Å². The molecule has 3 rings (SSSR count). The van der Waals surface area contributed by atoms with Gasteiger partial charge in [0.1, 0.15) is 0 Å². The van der Waals surface area contributed by atoms with Gasteiger partial charge in [0.05, 0.1) is 16.8 Å². The number of hydrogen-bond donors (Lipinski definition) is 1. The van der Waals surface area contributed by atoms with E-state index in [1.54, 1.807) is 30.3 Å². The number of benzene rings is 2. The molecule has 4 nitrogen and oxygen atoms in total. The van der Waals surface area contributed by atoms with Crippen molar-refractivity contribution in [3.63, 3.8) is 0 Å². The van der Waals surface area contributed by atoms with Gasteiger partial charge in [0.15, 0.2) is 0 Å². The summed E-state index contributed by atoms with van der Waals surface area (Å²) in [7, 11) is 1.83. The highest BCUT2D eigenvalue weighted by molar-refractivity contribution is 6.34. The molecule has 1 aliphatic heterocycles. The lowest BCUT2D eigenvalue weighted by Crippen LogP contribution is -2.30. The van der Waals surface area contributed by atoms with E-state index in [4.69, 9.17) is 0 Å². The Hall–Kier alpha value is -2.62. The Morgan fingerprint density at radius 1 is 0.950 bits per heavy atom. The lowest BCUT2D eigenvalue weighted by atomic mass is 10.1. The minimum Gasteiger partial charge on any atom is -0.388 e. The molecule has 0 saturated heterocycles. The van der Waals surface area contributed by atoms with Crippen LogP contribution in [0, 0.1) is 6.92 Å². The molecule has 2 aromatic carbocycles. The highest BCUT2D eigenvalue weighted by Gasteiger charge is 2.36. The maximum atomic E-state index is 12.4. The Kier molecular flexibility index (Phi) is 2.79. The van der Waals surface area contributed by atoms with E-state index in [0.717, 1.165) is 11.3 Å². The van der Waals surface area contributed by atoms with Gasteiger partial charge in [-0.2, -0.15) is 0 Å². The fraction of sp³-hybridized carbons (Fsp3) is 0.125. The van der Waals surface area contributed by atoms with Crippen LogP contribution in [-0.4, -0.2) is 18.9 Å². The Bertz CT molecular complexity index is 687. The molecule has 100 valence electrons. The Morgan fingerprint density at radius 3 is 2.05 bits per heavy atom. The van der Waals surface area contributed by atoms with Crippen LogP contribution in [-0.2, 0) is 0 Å². The monoisotopic (exact) mass is 266 g/mol. The zero-order valence-corrected chi connectivity index (χ0v) is 11.3. The largest absolute Gasteiger partial charge is 0.388 e. The number of amides is 2. The third kappa shape index (κ3) is 1.69. The summed E-state index contributed by atoms with van der Waals surface area (Å²) in [6.45, 7) is 1.89. The molecule has 0 bridgehead atoms. The van der Waals surface area contributed by atoms with Gasteiger partial charge >= 0.3 is 0 Å². The topological polar surface area (TPSA) is 49.4 Å². The number of anilines is 2. The molecule has 0 unspecified atom stereocenters. The van der Waals surface area contributed by atoms with Crippen LogP contribution in [0.2, 0.25) is 0 Å². The van der Waals surface area contributed by atoms with Crippen molar-refractivity contribution in [2.45, 2.75) is 6.92 Å². The summed E-state index contributed by atoms with van der Waals surface area (Å²) in [6.07, 6.45) is 0. The van der Waals surface area contributed by atoms with E-state index >= 15 is 0 Å². The van der Waals surface area contributed by atoms with Gasteiger partial charge in [0, 0.05) is 12.7 Å². The van der Waals surface area contributed by atoms with E-state index < -0.39 is 0 Å². The van der Waals surface area contributed by atoms with Gasteiger partial charge in [0.25, 0.3) is 11.8 Å². The molecule has 0 spiro atoms. The standard InChI is InChI=1S/C16H14N2O2/c1-10-9-11(17-2)7-8-14(10)18-15(19)12-5-3-4-6-13(12)16(18)20/h3-9,17H,1-2H3. The van der Waals surface area contributed by atoms with Crippen LogP contribution in [0.1, 0.15) is 26.3 Å². The average Bonchev–Trinajstić information content (AvgIpc) is 2.72. The Balaban J connectivity index is 2.09. The van der Waals surface area contributed by atoms with Crippen molar-refractivity contribution in [3.8, 4) is 0 Å². The van der Waals surface area contributed by atoms with Crippen LogP contribution in [0.25, 0.3) is 0 Å². The van der Waals surface area contributed by atoms with Crippen LogP contribution >= 0.6 is 0 Å². The summed E-state index contributed by atoms with van der Waals surface area (Å²) in [6, 6.07) is 12.5.